The van der Waals surface area contributed by atoms with Crippen LogP contribution in [-0.2, 0) is 4.79 Å². The maximum atomic E-state index is 12.2. The number of nitrogens with zero attached hydrogens (tertiary/aromatic N) is 1. The molecule has 0 fully saturated rings. The van der Waals surface area contributed by atoms with Crippen molar-refractivity contribution in [3.8, 4) is 11.5 Å². The minimum absolute atomic E-state index is 0.0441. The number of non-ortho nitro benzene ring substituents is 1. The second-order valence-corrected chi connectivity index (χ2v) is 5.75. The average molecular weight is 380 g/mol. The van der Waals surface area contributed by atoms with Crippen LogP contribution in [0.2, 0.25) is 5.02 Å². The zero-order chi connectivity index (χ0) is 19.3. The zero-order valence-corrected chi connectivity index (χ0v) is 15.2. The number of hydrogen-bond acceptors (Lipinski definition) is 6. The number of amides is 1. The molecule has 0 aromatic heterocycles. The van der Waals surface area contributed by atoms with Gasteiger partial charge in [0.05, 0.1) is 43.1 Å². The van der Waals surface area contributed by atoms with E-state index in [0.717, 1.165) is 5.56 Å². The molecule has 0 aliphatic carbocycles. The quantitative estimate of drug-likeness (QED) is 0.562. The van der Waals surface area contributed by atoms with Crippen molar-refractivity contribution in [3.05, 3.63) is 51.0 Å². The number of aryl methyl sites for hydroxylation is 1. The first kappa shape index (κ1) is 19.3. The Hall–Kier alpha value is -3.00. The predicted octanol–water partition coefficient (Wildman–Crippen LogP) is 3.62. The Bertz CT molecular complexity index is 841. The molecule has 0 radical (unpaired) electrons. The highest BCUT2D eigenvalue weighted by molar-refractivity contribution is 6.31. The third kappa shape index (κ3) is 4.54. The standard InChI is InChI=1S/C17H18ClN3O5/c1-10-6-14(16(26-3)8-12(10)18)19-9-17(22)20-13-5-4-11(21(23)24)7-15(13)25-2/h4-8,19H,9H2,1-3H3,(H,20,22). The van der Waals surface area contributed by atoms with Gasteiger partial charge in [0.1, 0.15) is 11.5 Å². The number of halogens is 1. The molecule has 0 unspecified atom stereocenters. The number of carbonyl (C=O) groups is 1. The van der Waals surface area contributed by atoms with Crippen molar-refractivity contribution in [2.75, 3.05) is 31.4 Å². The van der Waals surface area contributed by atoms with Crippen LogP contribution in [0.3, 0.4) is 0 Å². The maximum Gasteiger partial charge on any atom is 0.273 e. The average Bonchev–Trinajstić information content (AvgIpc) is 2.62. The molecule has 0 aliphatic rings. The second kappa shape index (κ2) is 8.39. The minimum Gasteiger partial charge on any atom is -0.495 e. The van der Waals surface area contributed by atoms with E-state index in [4.69, 9.17) is 21.1 Å². The van der Waals surface area contributed by atoms with Crippen molar-refractivity contribution in [2.45, 2.75) is 6.92 Å². The molecule has 2 aromatic rings. The van der Waals surface area contributed by atoms with Crippen LogP contribution in [0.1, 0.15) is 5.56 Å². The normalized spacial score (nSPS) is 10.2. The smallest absolute Gasteiger partial charge is 0.273 e. The fraction of sp³-hybridized carbons (Fsp3) is 0.235. The number of hydrogen-bond donors (Lipinski definition) is 2. The van der Waals surface area contributed by atoms with E-state index in [0.29, 0.717) is 22.1 Å². The summed E-state index contributed by atoms with van der Waals surface area (Å²) in [4.78, 5) is 22.5. The molecule has 0 saturated carbocycles. The molecular formula is C17H18ClN3O5. The first-order valence-corrected chi connectivity index (χ1v) is 7.93. The molecule has 0 heterocycles. The van der Waals surface area contributed by atoms with Crippen LogP contribution >= 0.6 is 11.6 Å². The number of nitro groups is 1. The molecular weight excluding hydrogens is 362 g/mol. The Balaban J connectivity index is 2.08. The van der Waals surface area contributed by atoms with Gasteiger partial charge in [-0.15, -0.1) is 0 Å². The zero-order valence-electron chi connectivity index (χ0n) is 14.5. The highest BCUT2D eigenvalue weighted by Crippen LogP contribution is 2.31. The van der Waals surface area contributed by atoms with Gasteiger partial charge in [0.2, 0.25) is 5.91 Å². The largest absolute Gasteiger partial charge is 0.495 e. The van der Waals surface area contributed by atoms with Gasteiger partial charge in [0, 0.05) is 17.2 Å². The molecule has 0 saturated heterocycles. The summed E-state index contributed by atoms with van der Waals surface area (Å²) in [5.74, 6) is 0.362. The van der Waals surface area contributed by atoms with E-state index in [1.165, 1.54) is 32.4 Å². The molecule has 0 atom stereocenters. The third-order valence-corrected chi connectivity index (χ3v) is 4.00. The van der Waals surface area contributed by atoms with E-state index >= 15 is 0 Å². The molecule has 8 nitrogen and oxygen atoms in total. The molecule has 9 heteroatoms. The van der Waals surface area contributed by atoms with Gasteiger partial charge in [-0.3, -0.25) is 14.9 Å². The Kier molecular flexibility index (Phi) is 6.24. The lowest BCUT2D eigenvalue weighted by atomic mass is 10.2. The monoisotopic (exact) mass is 379 g/mol. The van der Waals surface area contributed by atoms with Gasteiger partial charge in [-0.2, -0.15) is 0 Å². The maximum absolute atomic E-state index is 12.2. The van der Waals surface area contributed by atoms with Crippen LogP contribution in [0.25, 0.3) is 0 Å². The van der Waals surface area contributed by atoms with E-state index in [1.807, 2.05) is 6.92 Å². The van der Waals surface area contributed by atoms with Gasteiger partial charge < -0.3 is 20.1 Å². The highest BCUT2D eigenvalue weighted by atomic mass is 35.5. The summed E-state index contributed by atoms with van der Waals surface area (Å²) in [6.45, 7) is 1.80. The number of anilines is 2. The van der Waals surface area contributed by atoms with Gasteiger partial charge in [0.25, 0.3) is 5.69 Å². The van der Waals surface area contributed by atoms with Crippen LogP contribution in [0, 0.1) is 17.0 Å². The number of carbonyl (C=O) groups excluding carboxylic acids is 1. The topological polar surface area (TPSA) is 103 Å². The van der Waals surface area contributed by atoms with Gasteiger partial charge in [-0.25, -0.2) is 0 Å². The van der Waals surface area contributed by atoms with E-state index in [9.17, 15) is 14.9 Å². The summed E-state index contributed by atoms with van der Waals surface area (Å²) >= 11 is 6.05. The van der Waals surface area contributed by atoms with Gasteiger partial charge >= 0.3 is 0 Å². The molecule has 2 aromatic carbocycles. The highest BCUT2D eigenvalue weighted by Gasteiger charge is 2.14. The summed E-state index contributed by atoms with van der Waals surface area (Å²) in [7, 11) is 2.88. The lowest BCUT2D eigenvalue weighted by Gasteiger charge is -2.14. The lowest BCUT2D eigenvalue weighted by Crippen LogP contribution is -2.22. The van der Waals surface area contributed by atoms with Crippen LogP contribution < -0.4 is 20.1 Å². The first-order valence-electron chi connectivity index (χ1n) is 7.56. The lowest BCUT2D eigenvalue weighted by molar-refractivity contribution is -0.384. The van der Waals surface area contributed by atoms with Crippen molar-refractivity contribution in [1.82, 2.24) is 0 Å². The predicted molar refractivity (Wildman–Crippen MR) is 99.5 cm³/mol. The molecule has 138 valence electrons. The summed E-state index contributed by atoms with van der Waals surface area (Å²) in [5, 5.41) is 17.0. The Labute approximate surface area is 155 Å². The summed E-state index contributed by atoms with van der Waals surface area (Å²) < 4.78 is 10.3. The van der Waals surface area contributed by atoms with Crippen LogP contribution in [0.4, 0.5) is 17.1 Å². The second-order valence-electron chi connectivity index (χ2n) is 5.35. The van der Waals surface area contributed by atoms with Gasteiger partial charge in [-0.05, 0) is 24.6 Å². The van der Waals surface area contributed by atoms with Gasteiger partial charge in [0.15, 0.2) is 0 Å². The molecule has 26 heavy (non-hydrogen) atoms. The minimum atomic E-state index is -0.537. The van der Waals surface area contributed by atoms with Crippen molar-refractivity contribution < 1.29 is 19.2 Å². The number of nitro benzene ring substituents is 1. The van der Waals surface area contributed by atoms with Crippen molar-refractivity contribution >= 4 is 34.6 Å². The van der Waals surface area contributed by atoms with Crippen LogP contribution in [-0.4, -0.2) is 31.6 Å². The number of rotatable bonds is 7. The summed E-state index contributed by atoms with van der Waals surface area (Å²) in [6, 6.07) is 7.39. The number of ether oxygens (including phenoxy) is 2. The first-order chi connectivity index (χ1) is 12.3. The molecule has 0 spiro atoms. The van der Waals surface area contributed by atoms with Crippen LogP contribution in [0.5, 0.6) is 11.5 Å². The fourth-order valence-electron chi connectivity index (χ4n) is 2.24. The number of nitrogens with one attached hydrogen (secondary N) is 2. The Morgan fingerprint density at radius 1 is 1.15 bits per heavy atom. The van der Waals surface area contributed by atoms with Crippen molar-refractivity contribution in [2.24, 2.45) is 0 Å². The number of benzene rings is 2. The van der Waals surface area contributed by atoms with Crippen molar-refractivity contribution in [3.63, 3.8) is 0 Å². The Morgan fingerprint density at radius 3 is 2.42 bits per heavy atom. The van der Waals surface area contributed by atoms with Crippen molar-refractivity contribution in [1.29, 1.82) is 0 Å². The molecule has 0 aliphatic heterocycles. The van der Waals surface area contributed by atoms with E-state index in [1.54, 1.807) is 12.1 Å². The van der Waals surface area contributed by atoms with E-state index in [-0.39, 0.29) is 23.9 Å². The summed E-state index contributed by atoms with van der Waals surface area (Å²) in [5.41, 5.74) is 1.68. The van der Waals surface area contributed by atoms with Crippen LogP contribution in [0.15, 0.2) is 30.3 Å². The molecule has 0 bridgehead atoms. The van der Waals surface area contributed by atoms with E-state index < -0.39 is 4.92 Å². The van der Waals surface area contributed by atoms with Gasteiger partial charge in [-0.1, -0.05) is 11.6 Å². The molecule has 2 N–H and O–H groups in total. The number of methoxy groups -OCH3 is 2. The Morgan fingerprint density at radius 2 is 1.81 bits per heavy atom. The third-order valence-electron chi connectivity index (χ3n) is 3.59. The molecule has 1 amide bonds. The summed E-state index contributed by atoms with van der Waals surface area (Å²) in [6.07, 6.45) is 0. The SMILES string of the molecule is COc1cc(Cl)c(C)cc1NCC(=O)Nc1ccc([N+](=O)[O-])cc1OC. The van der Waals surface area contributed by atoms with E-state index in [2.05, 4.69) is 10.6 Å². The fourth-order valence-corrected chi connectivity index (χ4v) is 2.39. The molecule has 2 rings (SSSR count).